The number of aliphatic hydroxyl groups is 1. The largest absolute Gasteiger partial charge is 0.490 e. The van der Waals surface area contributed by atoms with E-state index in [2.05, 4.69) is 112 Å². The predicted molar refractivity (Wildman–Crippen MR) is 258 cm³/mol. The molecule has 1 N–H and O–H groups in total. The Hall–Kier alpha value is -2.27. The normalized spacial score (nSPS) is 30.8. The summed E-state index contributed by atoms with van der Waals surface area (Å²) < 4.78 is 44.2. The number of fused-ring (bicyclic) bond motifs is 2. The van der Waals surface area contributed by atoms with Gasteiger partial charge in [0.05, 0.1) is 38.6 Å². The highest BCUT2D eigenvalue weighted by Crippen LogP contribution is 2.48. The third kappa shape index (κ3) is 11.3. The van der Waals surface area contributed by atoms with Gasteiger partial charge in [0.25, 0.3) is 0 Å². The highest BCUT2D eigenvalue weighted by Gasteiger charge is 2.58. The minimum atomic E-state index is -2.10. The summed E-state index contributed by atoms with van der Waals surface area (Å²) in [6.45, 7) is 20.5. The first kappa shape index (κ1) is 47.2. The van der Waals surface area contributed by atoms with Gasteiger partial charge in [-0.25, -0.2) is 0 Å². The Balaban J connectivity index is 0.000000207. The molecule has 0 spiro atoms. The molecule has 0 radical (unpaired) electrons. The minimum Gasteiger partial charge on any atom is -0.490 e. The number of ether oxygens (including phenoxy) is 5. The molecule has 2 saturated carbocycles. The highest BCUT2D eigenvalue weighted by atomic mass is 79.9. The van der Waals surface area contributed by atoms with E-state index in [1.807, 2.05) is 42.5 Å². The van der Waals surface area contributed by atoms with Crippen LogP contribution in [0.25, 0.3) is 0 Å². The Kier molecular flexibility index (Phi) is 14.4. The lowest BCUT2D eigenvalue weighted by atomic mass is 9.82. The van der Waals surface area contributed by atoms with Crippen LogP contribution in [0, 0.1) is 29.6 Å². The maximum Gasteiger partial charge on any atom is 0.221 e. The number of hydrogen-bond donors (Lipinski definition) is 1. The first-order valence-corrected chi connectivity index (χ1v) is 30.9. The second kappa shape index (κ2) is 19.1. The van der Waals surface area contributed by atoms with E-state index in [1.54, 1.807) is 0 Å². The molecule has 4 aromatic carbocycles. The maximum atomic E-state index is 12.5. The smallest absolute Gasteiger partial charge is 0.221 e. The van der Waals surface area contributed by atoms with E-state index >= 15 is 0 Å². The standard InChI is InChI=1S/C32H47ClO6Si2.C18H16BrClO2/c1-9-28-20(2)29(38-40(3,4)5)31(39-41(6,7)8)32(34,37-28)23-12-15-27(33)22(17-23)16-21-10-13-24(14-11-21)36-30-25-18-35-19-26(25)30;19-13-3-6-17(20)12(8-13)7-11-1-4-14(5-2-11)22-18-15-9-21-10-16(15)18/h10-15,17,20,25-26,28-31,34H,9,16,18-19H2,1-8H3;1-6,8,15-16,18H,7,9-10H2/t20-,25?,26?,28-,29+,30?,31-,32?;/m1./s1. The quantitative estimate of drug-likeness (QED) is 0.125. The van der Waals surface area contributed by atoms with Gasteiger partial charge < -0.3 is 37.6 Å². The van der Waals surface area contributed by atoms with Gasteiger partial charge in [0.1, 0.15) is 29.8 Å². The van der Waals surface area contributed by atoms with E-state index in [1.165, 1.54) is 5.56 Å². The van der Waals surface area contributed by atoms with Crippen molar-refractivity contribution in [1.82, 2.24) is 0 Å². The van der Waals surface area contributed by atoms with Crippen molar-refractivity contribution in [1.29, 1.82) is 0 Å². The topological polar surface area (TPSA) is 84.8 Å². The van der Waals surface area contributed by atoms with Crippen molar-refractivity contribution in [3.05, 3.63) is 127 Å². The van der Waals surface area contributed by atoms with Crippen molar-refractivity contribution in [3.63, 3.8) is 0 Å². The van der Waals surface area contributed by atoms with Crippen LogP contribution < -0.4 is 9.47 Å². The monoisotopic (exact) mass is 996 g/mol. The van der Waals surface area contributed by atoms with Crippen LogP contribution in [-0.2, 0) is 41.7 Å². The lowest BCUT2D eigenvalue weighted by Crippen LogP contribution is -2.64. The van der Waals surface area contributed by atoms with Crippen LogP contribution in [-0.4, -0.2) is 78.7 Å². The molecule has 4 aromatic rings. The molecule has 5 unspecified atom stereocenters. The summed E-state index contributed by atoms with van der Waals surface area (Å²) in [4.78, 5) is 0. The van der Waals surface area contributed by atoms with Crippen LogP contribution in [0.5, 0.6) is 11.5 Å². The summed E-state index contributed by atoms with van der Waals surface area (Å²) in [5.41, 5.74) is 5.04. The summed E-state index contributed by atoms with van der Waals surface area (Å²) in [5, 5.41) is 13.9. The predicted octanol–water partition coefficient (Wildman–Crippen LogP) is 11.7. The van der Waals surface area contributed by atoms with E-state index in [-0.39, 0.29) is 24.2 Å². The molecule has 9 atom stereocenters. The second-order valence-corrected chi connectivity index (χ2v) is 30.7. The van der Waals surface area contributed by atoms with Crippen molar-refractivity contribution < 1.29 is 37.6 Å². The van der Waals surface area contributed by atoms with Gasteiger partial charge in [-0.1, -0.05) is 83.3 Å². The van der Waals surface area contributed by atoms with E-state index in [0.717, 1.165) is 77.0 Å². The summed E-state index contributed by atoms with van der Waals surface area (Å²) in [6, 6.07) is 28.2. The van der Waals surface area contributed by atoms with Crippen LogP contribution in [0.4, 0.5) is 0 Å². The Morgan fingerprint density at radius 1 is 0.651 bits per heavy atom. The molecule has 2 aliphatic carbocycles. The van der Waals surface area contributed by atoms with Gasteiger partial charge in [0.2, 0.25) is 5.79 Å². The molecular weight excluding hydrogens is 936 g/mol. The van der Waals surface area contributed by atoms with Crippen LogP contribution in [0.15, 0.2) is 89.4 Å². The van der Waals surface area contributed by atoms with Gasteiger partial charge in [-0.05, 0) is 135 Å². The van der Waals surface area contributed by atoms with Crippen molar-refractivity contribution in [2.75, 3.05) is 26.4 Å². The molecule has 5 fully saturated rings. The molecule has 9 rings (SSSR count). The van der Waals surface area contributed by atoms with E-state index in [4.69, 9.17) is 55.7 Å². The van der Waals surface area contributed by atoms with Gasteiger partial charge in [0, 0.05) is 49.7 Å². The minimum absolute atomic E-state index is 0.0728. The Morgan fingerprint density at radius 3 is 1.57 bits per heavy atom. The lowest BCUT2D eigenvalue weighted by Gasteiger charge is -2.53. The molecule has 0 aromatic heterocycles. The molecule has 3 saturated heterocycles. The molecule has 3 heterocycles. The summed E-state index contributed by atoms with van der Waals surface area (Å²) in [5.74, 6) is 2.55. The first-order valence-electron chi connectivity index (χ1n) is 22.5. The van der Waals surface area contributed by atoms with Crippen molar-refractivity contribution >= 4 is 55.8 Å². The molecule has 3 aliphatic heterocycles. The molecule has 13 heteroatoms. The Labute approximate surface area is 394 Å². The third-order valence-corrected chi connectivity index (χ3v) is 16.1. The Morgan fingerprint density at radius 2 is 1.11 bits per heavy atom. The maximum absolute atomic E-state index is 12.5. The van der Waals surface area contributed by atoms with Crippen LogP contribution in [0.2, 0.25) is 49.3 Å². The average Bonchev–Trinajstić information content (AvgIpc) is 3.81. The fraction of sp³-hybridized carbons (Fsp3) is 0.520. The number of hydrogen-bond acceptors (Lipinski definition) is 8. The lowest BCUT2D eigenvalue weighted by molar-refractivity contribution is -0.339. The molecule has 340 valence electrons. The van der Waals surface area contributed by atoms with Gasteiger partial charge in [-0.2, -0.15) is 0 Å². The summed E-state index contributed by atoms with van der Waals surface area (Å²) in [6.07, 6.45) is 1.73. The molecule has 63 heavy (non-hydrogen) atoms. The number of benzene rings is 4. The molecule has 0 amide bonds. The second-order valence-electron chi connectivity index (χ2n) is 20.0. The zero-order valence-electron chi connectivity index (χ0n) is 37.7. The van der Waals surface area contributed by atoms with Crippen molar-refractivity contribution in [2.45, 2.75) is 109 Å². The fourth-order valence-electron chi connectivity index (χ4n) is 9.37. The van der Waals surface area contributed by atoms with Gasteiger partial charge in [-0.15, -0.1) is 0 Å². The zero-order valence-corrected chi connectivity index (χ0v) is 42.8. The van der Waals surface area contributed by atoms with Gasteiger partial charge in [-0.3, -0.25) is 0 Å². The van der Waals surface area contributed by atoms with E-state index < -0.39 is 28.5 Å². The summed E-state index contributed by atoms with van der Waals surface area (Å²) in [7, 11) is -4.07. The van der Waals surface area contributed by atoms with E-state index in [9.17, 15) is 5.11 Å². The highest BCUT2D eigenvalue weighted by molar-refractivity contribution is 9.10. The van der Waals surface area contributed by atoms with Crippen molar-refractivity contribution in [3.8, 4) is 11.5 Å². The fourth-order valence-corrected chi connectivity index (χ4v) is 12.4. The number of rotatable bonds is 14. The van der Waals surface area contributed by atoms with Crippen LogP contribution in [0.3, 0.4) is 0 Å². The number of halogens is 3. The molecule has 0 bridgehead atoms. The SMILES string of the molecule is CC[C@H]1OC(O)(c2ccc(Cl)c(Cc3ccc(OC4C5COCC54)cc3)c2)[C@H](O[Si](C)(C)C)[C@@H](O[Si](C)(C)C)[C@@H]1C.Clc1ccc(Br)cc1Cc1ccc(OC2C3COCC32)cc1. The van der Waals surface area contributed by atoms with E-state index in [0.29, 0.717) is 46.8 Å². The average molecular weight is 999 g/mol. The van der Waals surface area contributed by atoms with Gasteiger partial charge in [0.15, 0.2) is 16.6 Å². The molecule has 5 aliphatic rings. The zero-order chi connectivity index (χ0) is 44.8. The molecular formula is C50H63BrCl2O8Si2. The van der Waals surface area contributed by atoms with Gasteiger partial charge >= 0.3 is 0 Å². The summed E-state index contributed by atoms with van der Waals surface area (Å²) >= 11 is 16.5. The molecule has 8 nitrogen and oxygen atoms in total. The third-order valence-electron chi connectivity index (χ3n) is 12.9. The van der Waals surface area contributed by atoms with Crippen LogP contribution in [0.1, 0.15) is 48.1 Å². The first-order chi connectivity index (χ1) is 29.9. The van der Waals surface area contributed by atoms with Crippen molar-refractivity contribution in [2.24, 2.45) is 29.6 Å². The Bertz CT molecular complexity index is 2180. The van der Waals surface area contributed by atoms with Crippen LogP contribution >= 0.6 is 39.1 Å².